The maximum absolute atomic E-state index is 10.1. The normalized spacial score (nSPS) is 15.3. The van der Waals surface area contributed by atoms with Crippen LogP contribution in [0.2, 0.25) is 5.02 Å². The Kier molecular flexibility index (Phi) is 4.61. The van der Waals surface area contributed by atoms with Gasteiger partial charge in [0.15, 0.2) is 0 Å². The molecular formula is C11H19ClN2O. The number of aliphatic hydroxyl groups excluding tert-OH is 1. The first-order chi connectivity index (χ1) is 7.10. The highest BCUT2D eigenvalue weighted by Crippen LogP contribution is 2.28. The van der Waals surface area contributed by atoms with E-state index in [0.29, 0.717) is 10.9 Å². The summed E-state index contributed by atoms with van der Waals surface area (Å²) in [5.41, 5.74) is 0.750. The molecule has 1 aromatic heterocycles. The SMILES string of the molecule is CCC(C)CC(O)c1c(Cl)cnn1CC. The molecule has 0 aromatic carbocycles. The zero-order valence-electron chi connectivity index (χ0n) is 9.57. The van der Waals surface area contributed by atoms with Crippen LogP contribution in [0.25, 0.3) is 0 Å². The first kappa shape index (κ1) is 12.5. The highest BCUT2D eigenvalue weighted by atomic mass is 35.5. The van der Waals surface area contributed by atoms with Crippen molar-refractivity contribution in [2.45, 2.75) is 46.3 Å². The molecule has 0 aliphatic heterocycles. The zero-order valence-corrected chi connectivity index (χ0v) is 10.3. The molecule has 0 bridgehead atoms. The number of hydrogen-bond acceptors (Lipinski definition) is 2. The molecule has 0 aliphatic carbocycles. The third-order valence-corrected chi connectivity index (χ3v) is 3.06. The maximum atomic E-state index is 10.1. The number of aromatic nitrogens is 2. The van der Waals surface area contributed by atoms with Gasteiger partial charge in [-0.15, -0.1) is 0 Å². The van der Waals surface area contributed by atoms with Crippen molar-refractivity contribution in [2.24, 2.45) is 5.92 Å². The summed E-state index contributed by atoms with van der Waals surface area (Å²) in [6, 6.07) is 0. The summed E-state index contributed by atoms with van der Waals surface area (Å²) in [6.07, 6.45) is 2.90. The van der Waals surface area contributed by atoms with Gasteiger partial charge in [0.25, 0.3) is 0 Å². The van der Waals surface area contributed by atoms with Gasteiger partial charge in [0.2, 0.25) is 0 Å². The van der Waals surface area contributed by atoms with Crippen molar-refractivity contribution in [2.75, 3.05) is 0 Å². The van der Waals surface area contributed by atoms with Crippen molar-refractivity contribution in [3.05, 3.63) is 16.9 Å². The number of hydrogen-bond donors (Lipinski definition) is 1. The molecule has 1 heterocycles. The molecule has 0 amide bonds. The summed E-state index contributed by atoms with van der Waals surface area (Å²) >= 11 is 6.00. The summed E-state index contributed by atoms with van der Waals surface area (Å²) in [5.74, 6) is 0.497. The lowest BCUT2D eigenvalue weighted by molar-refractivity contribution is 0.136. The Labute approximate surface area is 96.1 Å². The molecule has 0 saturated heterocycles. The van der Waals surface area contributed by atoms with Gasteiger partial charge in [-0.2, -0.15) is 5.10 Å². The van der Waals surface area contributed by atoms with Crippen LogP contribution in [-0.2, 0) is 6.54 Å². The Hall–Kier alpha value is -0.540. The molecule has 1 N–H and O–H groups in total. The number of aliphatic hydroxyl groups is 1. The minimum absolute atomic E-state index is 0.497. The highest BCUT2D eigenvalue weighted by Gasteiger charge is 2.19. The largest absolute Gasteiger partial charge is 0.387 e. The van der Waals surface area contributed by atoms with Crippen molar-refractivity contribution in [3.8, 4) is 0 Å². The third-order valence-electron chi connectivity index (χ3n) is 2.77. The van der Waals surface area contributed by atoms with Crippen molar-refractivity contribution in [3.63, 3.8) is 0 Å². The minimum Gasteiger partial charge on any atom is -0.387 e. The van der Waals surface area contributed by atoms with Crippen LogP contribution in [0.15, 0.2) is 6.20 Å². The van der Waals surface area contributed by atoms with E-state index in [2.05, 4.69) is 18.9 Å². The molecule has 86 valence electrons. The standard InChI is InChI=1S/C11H19ClN2O/c1-4-8(3)6-10(15)11-9(12)7-13-14(11)5-2/h7-8,10,15H,4-6H2,1-3H3. The van der Waals surface area contributed by atoms with Gasteiger partial charge in [-0.05, 0) is 19.3 Å². The maximum Gasteiger partial charge on any atom is 0.0974 e. The average molecular weight is 231 g/mol. The van der Waals surface area contributed by atoms with E-state index in [1.807, 2.05) is 6.92 Å². The average Bonchev–Trinajstić information content (AvgIpc) is 2.59. The van der Waals surface area contributed by atoms with E-state index in [1.165, 1.54) is 0 Å². The van der Waals surface area contributed by atoms with Gasteiger partial charge in [0.1, 0.15) is 0 Å². The summed E-state index contributed by atoms with van der Waals surface area (Å²) in [4.78, 5) is 0. The van der Waals surface area contributed by atoms with Crippen molar-refractivity contribution >= 4 is 11.6 Å². The first-order valence-electron chi connectivity index (χ1n) is 5.49. The van der Waals surface area contributed by atoms with E-state index in [1.54, 1.807) is 10.9 Å². The van der Waals surface area contributed by atoms with Gasteiger partial charge in [-0.1, -0.05) is 31.9 Å². The van der Waals surface area contributed by atoms with E-state index in [9.17, 15) is 5.11 Å². The minimum atomic E-state index is -0.505. The van der Waals surface area contributed by atoms with E-state index in [4.69, 9.17) is 11.6 Å². The van der Waals surface area contributed by atoms with Gasteiger partial charge in [-0.3, -0.25) is 4.68 Å². The Morgan fingerprint density at radius 3 is 2.73 bits per heavy atom. The molecule has 15 heavy (non-hydrogen) atoms. The van der Waals surface area contributed by atoms with Crippen molar-refractivity contribution in [1.82, 2.24) is 9.78 Å². The molecule has 3 nitrogen and oxygen atoms in total. The smallest absolute Gasteiger partial charge is 0.0974 e. The molecule has 1 rings (SSSR count). The number of halogens is 1. The van der Waals surface area contributed by atoms with Crippen LogP contribution in [0.4, 0.5) is 0 Å². The highest BCUT2D eigenvalue weighted by molar-refractivity contribution is 6.31. The van der Waals surface area contributed by atoms with E-state index in [-0.39, 0.29) is 0 Å². The van der Waals surface area contributed by atoms with Crippen LogP contribution in [0, 0.1) is 5.92 Å². The topological polar surface area (TPSA) is 38.1 Å². The van der Waals surface area contributed by atoms with Crippen LogP contribution in [0.5, 0.6) is 0 Å². The Balaban J connectivity index is 2.80. The molecular weight excluding hydrogens is 212 g/mol. The predicted octanol–water partition coefficient (Wildman–Crippen LogP) is 3.03. The molecule has 0 radical (unpaired) electrons. The van der Waals surface area contributed by atoms with Gasteiger partial charge in [0.05, 0.1) is 23.0 Å². The molecule has 2 atom stereocenters. The van der Waals surface area contributed by atoms with Gasteiger partial charge >= 0.3 is 0 Å². The van der Waals surface area contributed by atoms with Crippen LogP contribution < -0.4 is 0 Å². The number of nitrogens with zero attached hydrogens (tertiary/aromatic N) is 2. The van der Waals surface area contributed by atoms with Crippen molar-refractivity contribution < 1.29 is 5.11 Å². The van der Waals surface area contributed by atoms with Gasteiger partial charge < -0.3 is 5.11 Å². The second-order valence-corrected chi connectivity index (χ2v) is 4.37. The Morgan fingerprint density at radius 1 is 1.53 bits per heavy atom. The molecule has 1 aromatic rings. The van der Waals surface area contributed by atoms with Crippen molar-refractivity contribution in [1.29, 1.82) is 0 Å². The van der Waals surface area contributed by atoms with Crippen LogP contribution in [-0.4, -0.2) is 14.9 Å². The summed E-state index contributed by atoms with van der Waals surface area (Å²) < 4.78 is 1.76. The fourth-order valence-corrected chi connectivity index (χ4v) is 1.88. The van der Waals surface area contributed by atoms with E-state index >= 15 is 0 Å². The molecule has 0 fully saturated rings. The lowest BCUT2D eigenvalue weighted by Crippen LogP contribution is -2.11. The second kappa shape index (κ2) is 5.52. The summed E-state index contributed by atoms with van der Waals surface area (Å²) in [7, 11) is 0. The molecule has 0 aliphatic rings. The summed E-state index contributed by atoms with van der Waals surface area (Å²) in [5, 5.41) is 14.7. The van der Waals surface area contributed by atoms with Gasteiger partial charge in [0, 0.05) is 6.54 Å². The van der Waals surface area contributed by atoms with E-state index in [0.717, 1.165) is 25.1 Å². The quantitative estimate of drug-likeness (QED) is 0.845. The number of rotatable bonds is 5. The second-order valence-electron chi connectivity index (χ2n) is 3.96. The molecule has 2 unspecified atom stereocenters. The Morgan fingerprint density at radius 2 is 2.20 bits per heavy atom. The predicted molar refractivity (Wildman–Crippen MR) is 61.9 cm³/mol. The lowest BCUT2D eigenvalue weighted by atomic mass is 9.99. The molecule has 4 heteroatoms. The zero-order chi connectivity index (χ0) is 11.4. The number of aryl methyl sites for hydroxylation is 1. The van der Waals surface area contributed by atoms with E-state index < -0.39 is 6.10 Å². The first-order valence-corrected chi connectivity index (χ1v) is 5.87. The lowest BCUT2D eigenvalue weighted by Gasteiger charge is -2.16. The third kappa shape index (κ3) is 2.95. The van der Waals surface area contributed by atoms with Crippen LogP contribution >= 0.6 is 11.6 Å². The fourth-order valence-electron chi connectivity index (χ4n) is 1.61. The molecule has 0 saturated carbocycles. The summed E-state index contributed by atoms with van der Waals surface area (Å²) in [6.45, 7) is 6.97. The molecule has 0 spiro atoms. The Bertz CT molecular complexity index is 312. The van der Waals surface area contributed by atoms with Gasteiger partial charge in [-0.25, -0.2) is 0 Å². The van der Waals surface area contributed by atoms with Crippen LogP contribution in [0.1, 0.15) is 45.4 Å². The monoisotopic (exact) mass is 230 g/mol. The fraction of sp³-hybridized carbons (Fsp3) is 0.727. The van der Waals surface area contributed by atoms with Crippen LogP contribution in [0.3, 0.4) is 0 Å².